The van der Waals surface area contributed by atoms with Gasteiger partial charge < -0.3 is 10.1 Å². The minimum atomic E-state index is -0.355. The molecule has 1 unspecified atom stereocenters. The molecule has 5 nitrogen and oxygen atoms in total. The number of hydrogen-bond donors (Lipinski definition) is 1. The number of nitrogens with one attached hydrogen (secondary N) is 1. The number of hydrogen-bond acceptors (Lipinski definition) is 3. The highest BCUT2D eigenvalue weighted by Crippen LogP contribution is 2.21. The van der Waals surface area contributed by atoms with Gasteiger partial charge in [0.15, 0.2) is 0 Å². The van der Waals surface area contributed by atoms with E-state index in [0.717, 1.165) is 24.1 Å². The van der Waals surface area contributed by atoms with Crippen LogP contribution in [0.15, 0.2) is 24.3 Å². The first kappa shape index (κ1) is 15.4. The van der Waals surface area contributed by atoms with E-state index in [1.165, 1.54) is 0 Å². The van der Waals surface area contributed by atoms with Crippen LogP contribution < -0.4 is 10.2 Å². The van der Waals surface area contributed by atoms with Gasteiger partial charge in [0.2, 0.25) is 5.91 Å². The SMILES string of the molecule is CCCCC(=O)NCC1CN(c2ccc(C)cc2)C(=O)O1. The van der Waals surface area contributed by atoms with Crippen LogP contribution in [0.3, 0.4) is 0 Å². The fourth-order valence-electron chi connectivity index (χ4n) is 2.22. The lowest BCUT2D eigenvalue weighted by Gasteiger charge is -2.13. The van der Waals surface area contributed by atoms with Crippen LogP contribution in [0.25, 0.3) is 0 Å². The Morgan fingerprint density at radius 3 is 2.76 bits per heavy atom. The van der Waals surface area contributed by atoms with Crippen molar-refractivity contribution in [1.82, 2.24) is 5.32 Å². The van der Waals surface area contributed by atoms with Crippen LogP contribution in [0.1, 0.15) is 31.7 Å². The van der Waals surface area contributed by atoms with Gasteiger partial charge in [0.1, 0.15) is 6.10 Å². The summed E-state index contributed by atoms with van der Waals surface area (Å²) in [5.74, 6) is 0.0154. The summed E-state index contributed by atoms with van der Waals surface area (Å²) in [5.41, 5.74) is 1.97. The maximum absolute atomic E-state index is 11.9. The Hall–Kier alpha value is -2.04. The van der Waals surface area contributed by atoms with Crippen LogP contribution in [0.4, 0.5) is 10.5 Å². The van der Waals surface area contributed by atoms with Gasteiger partial charge in [-0.3, -0.25) is 9.69 Å². The zero-order valence-electron chi connectivity index (χ0n) is 12.6. The maximum Gasteiger partial charge on any atom is 0.414 e. The minimum Gasteiger partial charge on any atom is -0.442 e. The number of aryl methyl sites for hydroxylation is 1. The van der Waals surface area contributed by atoms with Gasteiger partial charge in [0, 0.05) is 12.1 Å². The number of carbonyl (C=O) groups is 2. The third-order valence-corrected chi connectivity index (χ3v) is 3.50. The lowest BCUT2D eigenvalue weighted by Crippen LogP contribution is -2.34. The molecule has 1 heterocycles. The van der Waals surface area contributed by atoms with E-state index in [2.05, 4.69) is 5.32 Å². The van der Waals surface area contributed by atoms with Crippen LogP contribution in [-0.4, -0.2) is 31.2 Å². The summed E-state index contributed by atoms with van der Waals surface area (Å²) in [6.07, 6.45) is 1.76. The molecule has 114 valence electrons. The Morgan fingerprint density at radius 1 is 1.38 bits per heavy atom. The lowest BCUT2D eigenvalue weighted by atomic mass is 10.2. The van der Waals surface area contributed by atoms with Gasteiger partial charge in [-0.15, -0.1) is 0 Å². The van der Waals surface area contributed by atoms with Gasteiger partial charge in [-0.2, -0.15) is 0 Å². The number of unbranched alkanes of at least 4 members (excludes halogenated alkanes) is 1. The van der Waals surface area contributed by atoms with Crippen LogP contribution in [-0.2, 0) is 9.53 Å². The Balaban J connectivity index is 1.85. The zero-order valence-corrected chi connectivity index (χ0v) is 12.6. The molecule has 1 saturated heterocycles. The number of nitrogens with zero attached hydrogens (tertiary/aromatic N) is 1. The van der Waals surface area contributed by atoms with E-state index in [1.807, 2.05) is 38.1 Å². The largest absolute Gasteiger partial charge is 0.442 e. The molecule has 0 spiro atoms. The normalized spacial score (nSPS) is 17.7. The van der Waals surface area contributed by atoms with Crippen molar-refractivity contribution in [3.05, 3.63) is 29.8 Å². The molecule has 2 rings (SSSR count). The van der Waals surface area contributed by atoms with Crippen LogP contribution in [0, 0.1) is 6.92 Å². The third kappa shape index (κ3) is 4.21. The number of rotatable bonds is 6. The van der Waals surface area contributed by atoms with Gasteiger partial charge in [0.25, 0.3) is 0 Å². The molecule has 1 atom stereocenters. The average Bonchev–Trinajstić information content (AvgIpc) is 2.85. The van der Waals surface area contributed by atoms with Crippen molar-refractivity contribution in [2.45, 2.75) is 39.2 Å². The van der Waals surface area contributed by atoms with Gasteiger partial charge in [-0.25, -0.2) is 4.79 Å². The monoisotopic (exact) mass is 290 g/mol. The molecule has 0 saturated carbocycles. The predicted molar refractivity (Wildman–Crippen MR) is 81.3 cm³/mol. The molecule has 1 fully saturated rings. The van der Waals surface area contributed by atoms with Gasteiger partial charge in [-0.05, 0) is 25.5 Å². The molecule has 1 N–H and O–H groups in total. The molecule has 0 aromatic heterocycles. The molecular formula is C16H22N2O3. The smallest absolute Gasteiger partial charge is 0.414 e. The quantitative estimate of drug-likeness (QED) is 0.876. The molecule has 1 aliphatic rings. The second-order valence-electron chi connectivity index (χ2n) is 5.36. The van der Waals surface area contributed by atoms with E-state index in [4.69, 9.17) is 4.74 Å². The van der Waals surface area contributed by atoms with Crippen LogP contribution in [0.5, 0.6) is 0 Å². The summed E-state index contributed by atoms with van der Waals surface area (Å²) in [7, 11) is 0. The molecule has 0 aliphatic carbocycles. The fourth-order valence-corrected chi connectivity index (χ4v) is 2.22. The summed E-state index contributed by atoms with van der Waals surface area (Å²) in [6.45, 7) is 4.89. The Bertz CT molecular complexity index is 499. The number of anilines is 1. The average molecular weight is 290 g/mol. The highest BCUT2D eigenvalue weighted by molar-refractivity contribution is 5.89. The standard InChI is InChI=1S/C16H22N2O3/c1-3-4-5-15(19)17-10-14-11-18(16(20)21-14)13-8-6-12(2)7-9-13/h6-9,14H,3-5,10-11H2,1-2H3,(H,17,19). The Morgan fingerprint density at radius 2 is 2.10 bits per heavy atom. The molecular weight excluding hydrogens is 268 g/mol. The maximum atomic E-state index is 11.9. The second-order valence-corrected chi connectivity index (χ2v) is 5.36. The minimum absolute atomic E-state index is 0.0154. The van der Waals surface area contributed by atoms with E-state index in [-0.39, 0.29) is 18.1 Å². The van der Waals surface area contributed by atoms with Crippen molar-refractivity contribution in [1.29, 1.82) is 0 Å². The first-order chi connectivity index (χ1) is 10.1. The Labute approximate surface area is 125 Å². The predicted octanol–water partition coefficient (Wildman–Crippen LogP) is 2.63. The van der Waals surface area contributed by atoms with Crippen LogP contribution in [0.2, 0.25) is 0 Å². The van der Waals surface area contributed by atoms with Crippen molar-refractivity contribution < 1.29 is 14.3 Å². The third-order valence-electron chi connectivity index (χ3n) is 3.50. The molecule has 1 aliphatic heterocycles. The summed E-state index contributed by atoms with van der Waals surface area (Å²) in [4.78, 5) is 25.0. The number of ether oxygens (including phenoxy) is 1. The number of benzene rings is 1. The van der Waals surface area contributed by atoms with Gasteiger partial charge in [-0.1, -0.05) is 31.0 Å². The Kier molecular flexibility index (Phi) is 5.20. The van der Waals surface area contributed by atoms with Gasteiger partial charge >= 0.3 is 6.09 Å². The lowest BCUT2D eigenvalue weighted by molar-refractivity contribution is -0.121. The van der Waals surface area contributed by atoms with Crippen molar-refractivity contribution in [3.8, 4) is 0 Å². The van der Waals surface area contributed by atoms with E-state index in [1.54, 1.807) is 4.90 Å². The topological polar surface area (TPSA) is 58.6 Å². The molecule has 0 bridgehead atoms. The molecule has 0 radical (unpaired) electrons. The van der Waals surface area contributed by atoms with E-state index < -0.39 is 0 Å². The first-order valence-corrected chi connectivity index (χ1v) is 7.41. The number of cyclic esters (lactones) is 1. The molecule has 1 aromatic rings. The molecule has 21 heavy (non-hydrogen) atoms. The van der Waals surface area contributed by atoms with Crippen molar-refractivity contribution >= 4 is 17.7 Å². The van der Waals surface area contributed by atoms with E-state index in [9.17, 15) is 9.59 Å². The molecule has 2 amide bonds. The summed E-state index contributed by atoms with van der Waals surface area (Å²) >= 11 is 0. The van der Waals surface area contributed by atoms with Gasteiger partial charge in [0.05, 0.1) is 13.1 Å². The summed E-state index contributed by atoms with van der Waals surface area (Å²) < 4.78 is 5.29. The number of amides is 2. The highest BCUT2D eigenvalue weighted by atomic mass is 16.6. The first-order valence-electron chi connectivity index (χ1n) is 7.41. The van der Waals surface area contributed by atoms with E-state index in [0.29, 0.717) is 19.5 Å². The zero-order chi connectivity index (χ0) is 15.2. The highest BCUT2D eigenvalue weighted by Gasteiger charge is 2.32. The van der Waals surface area contributed by atoms with Crippen molar-refractivity contribution in [2.24, 2.45) is 0 Å². The van der Waals surface area contributed by atoms with Crippen LogP contribution >= 0.6 is 0 Å². The molecule has 5 heteroatoms. The number of carbonyl (C=O) groups excluding carboxylic acids is 2. The fraction of sp³-hybridized carbons (Fsp3) is 0.500. The summed E-state index contributed by atoms with van der Waals surface area (Å²) in [5, 5.41) is 2.82. The van der Waals surface area contributed by atoms with Crippen molar-refractivity contribution in [3.63, 3.8) is 0 Å². The van der Waals surface area contributed by atoms with Crippen molar-refractivity contribution in [2.75, 3.05) is 18.0 Å². The summed E-state index contributed by atoms with van der Waals surface area (Å²) in [6, 6.07) is 7.72. The second kappa shape index (κ2) is 7.11. The molecule has 1 aromatic carbocycles. The van der Waals surface area contributed by atoms with E-state index >= 15 is 0 Å².